The molecule has 0 aromatic rings. The summed E-state index contributed by atoms with van der Waals surface area (Å²) in [6.45, 7) is 7.04. The zero-order chi connectivity index (χ0) is 12.8. The van der Waals surface area contributed by atoms with E-state index in [1.807, 2.05) is 0 Å². The highest BCUT2D eigenvalue weighted by atomic mass is 16.5. The fraction of sp³-hybridized carbons (Fsp3) is 0.929. The Kier molecular flexibility index (Phi) is 5.96. The van der Waals surface area contributed by atoms with Gasteiger partial charge in [-0.3, -0.25) is 9.69 Å². The van der Waals surface area contributed by atoms with E-state index in [2.05, 4.69) is 25.7 Å². The predicted molar refractivity (Wildman–Crippen MR) is 69.9 cm³/mol. The van der Waals surface area contributed by atoms with Gasteiger partial charge in [0.15, 0.2) is 0 Å². The number of carbonyl (C=O) groups excluding carboxylic acids is 1. The van der Waals surface area contributed by atoms with Crippen molar-refractivity contribution in [1.29, 1.82) is 0 Å². The first kappa shape index (κ1) is 14.5. The molecule has 0 spiro atoms. The summed E-state index contributed by atoms with van der Waals surface area (Å²) in [5.74, 6) is 0.727. The van der Waals surface area contributed by atoms with Gasteiger partial charge in [0.1, 0.15) is 0 Å². The van der Waals surface area contributed by atoms with Gasteiger partial charge in [0.2, 0.25) is 0 Å². The maximum absolute atomic E-state index is 11.5. The number of hydrogen-bond donors (Lipinski definition) is 0. The van der Waals surface area contributed by atoms with Gasteiger partial charge in [0.25, 0.3) is 0 Å². The molecule has 1 aliphatic carbocycles. The highest BCUT2D eigenvalue weighted by Crippen LogP contribution is 2.30. The fourth-order valence-electron chi connectivity index (χ4n) is 2.88. The van der Waals surface area contributed by atoms with Crippen molar-refractivity contribution in [3.05, 3.63) is 0 Å². The second kappa shape index (κ2) is 7.00. The van der Waals surface area contributed by atoms with Gasteiger partial charge in [0, 0.05) is 12.1 Å². The van der Waals surface area contributed by atoms with Crippen molar-refractivity contribution in [1.82, 2.24) is 4.90 Å². The Morgan fingerprint density at radius 3 is 2.65 bits per heavy atom. The lowest BCUT2D eigenvalue weighted by molar-refractivity contribution is -0.143. The van der Waals surface area contributed by atoms with Gasteiger partial charge in [-0.05, 0) is 32.6 Å². The lowest BCUT2D eigenvalue weighted by Gasteiger charge is -2.39. The van der Waals surface area contributed by atoms with Crippen LogP contribution < -0.4 is 0 Å². The van der Waals surface area contributed by atoms with Crippen LogP contribution in [0.3, 0.4) is 0 Å². The van der Waals surface area contributed by atoms with Crippen LogP contribution in [0.25, 0.3) is 0 Å². The van der Waals surface area contributed by atoms with Gasteiger partial charge in [-0.2, -0.15) is 0 Å². The van der Waals surface area contributed by atoms with E-state index in [4.69, 9.17) is 4.74 Å². The van der Waals surface area contributed by atoms with Crippen LogP contribution in [0.2, 0.25) is 0 Å². The van der Waals surface area contributed by atoms with Crippen LogP contribution in [-0.4, -0.2) is 36.6 Å². The monoisotopic (exact) mass is 241 g/mol. The molecule has 0 heterocycles. The SMILES string of the molecule is CCC1CCCC(N(CC(=O)OC)C(C)C)C1. The first-order valence-electron chi connectivity index (χ1n) is 6.91. The molecule has 1 fully saturated rings. The van der Waals surface area contributed by atoms with Gasteiger partial charge in [0.05, 0.1) is 13.7 Å². The van der Waals surface area contributed by atoms with Crippen LogP contribution >= 0.6 is 0 Å². The molecular formula is C14H27NO2. The smallest absolute Gasteiger partial charge is 0.319 e. The normalized spacial score (nSPS) is 25.3. The van der Waals surface area contributed by atoms with Crippen molar-refractivity contribution in [2.24, 2.45) is 5.92 Å². The fourth-order valence-corrected chi connectivity index (χ4v) is 2.88. The maximum atomic E-state index is 11.5. The number of ether oxygens (including phenoxy) is 1. The van der Waals surface area contributed by atoms with E-state index in [0.717, 1.165) is 5.92 Å². The summed E-state index contributed by atoms with van der Waals surface area (Å²) in [5, 5.41) is 0. The van der Waals surface area contributed by atoms with E-state index in [0.29, 0.717) is 18.6 Å². The zero-order valence-corrected chi connectivity index (χ0v) is 11.7. The van der Waals surface area contributed by atoms with E-state index in [1.165, 1.54) is 39.2 Å². The summed E-state index contributed by atoms with van der Waals surface area (Å²) in [7, 11) is 1.47. The molecule has 17 heavy (non-hydrogen) atoms. The van der Waals surface area contributed by atoms with Crippen molar-refractivity contribution in [3.63, 3.8) is 0 Å². The molecule has 0 saturated heterocycles. The minimum absolute atomic E-state index is 0.114. The minimum Gasteiger partial charge on any atom is -0.468 e. The van der Waals surface area contributed by atoms with Crippen molar-refractivity contribution < 1.29 is 9.53 Å². The van der Waals surface area contributed by atoms with Gasteiger partial charge < -0.3 is 4.74 Å². The molecule has 2 unspecified atom stereocenters. The van der Waals surface area contributed by atoms with Crippen LogP contribution in [0.15, 0.2) is 0 Å². The summed E-state index contributed by atoms with van der Waals surface area (Å²) in [6.07, 6.45) is 6.39. The molecule has 0 radical (unpaired) electrons. The third kappa shape index (κ3) is 4.30. The van der Waals surface area contributed by atoms with E-state index >= 15 is 0 Å². The highest BCUT2D eigenvalue weighted by Gasteiger charge is 2.28. The molecule has 3 nitrogen and oxygen atoms in total. The van der Waals surface area contributed by atoms with Crippen molar-refractivity contribution in [2.75, 3.05) is 13.7 Å². The Labute approximate surface area is 106 Å². The molecule has 0 aliphatic heterocycles. The number of rotatable bonds is 5. The molecule has 0 amide bonds. The molecule has 0 aromatic carbocycles. The second-order valence-corrected chi connectivity index (χ2v) is 5.44. The summed E-state index contributed by atoms with van der Waals surface area (Å²) in [6, 6.07) is 0.975. The van der Waals surface area contributed by atoms with E-state index in [1.54, 1.807) is 0 Å². The van der Waals surface area contributed by atoms with Gasteiger partial charge in [-0.25, -0.2) is 0 Å². The van der Waals surface area contributed by atoms with E-state index in [-0.39, 0.29) is 5.97 Å². The molecule has 0 N–H and O–H groups in total. The summed E-state index contributed by atoms with van der Waals surface area (Å²) < 4.78 is 4.79. The van der Waals surface area contributed by atoms with Crippen molar-refractivity contribution in [2.45, 2.75) is 65.0 Å². The van der Waals surface area contributed by atoms with Crippen LogP contribution in [0.1, 0.15) is 52.9 Å². The maximum Gasteiger partial charge on any atom is 0.319 e. The number of hydrogen-bond acceptors (Lipinski definition) is 3. The van der Waals surface area contributed by atoms with E-state index < -0.39 is 0 Å². The first-order valence-corrected chi connectivity index (χ1v) is 6.91. The van der Waals surface area contributed by atoms with Gasteiger partial charge >= 0.3 is 5.97 Å². The van der Waals surface area contributed by atoms with Crippen LogP contribution in [0, 0.1) is 5.92 Å². The third-order valence-corrected chi connectivity index (χ3v) is 4.00. The molecule has 1 aliphatic rings. The Bertz CT molecular complexity index is 240. The molecule has 3 heteroatoms. The summed E-state index contributed by atoms with van der Waals surface area (Å²) >= 11 is 0. The predicted octanol–water partition coefficient (Wildman–Crippen LogP) is 2.84. The quantitative estimate of drug-likeness (QED) is 0.693. The average molecular weight is 241 g/mol. The highest BCUT2D eigenvalue weighted by molar-refractivity contribution is 5.71. The second-order valence-electron chi connectivity index (χ2n) is 5.44. The van der Waals surface area contributed by atoms with Gasteiger partial charge in [-0.15, -0.1) is 0 Å². The Morgan fingerprint density at radius 2 is 2.12 bits per heavy atom. The van der Waals surface area contributed by atoms with Gasteiger partial charge in [-0.1, -0.05) is 26.2 Å². The first-order chi connectivity index (χ1) is 8.08. The number of nitrogens with zero attached hydrogens (tertiary/aromatic N) is 1. The standard InChI is InChI=1S/C14H27NO2/c1-5-12-7-6-8-13(9-12)15(11(2)3)10-14(16)17-4/h11-13H,5-10H2,1-4H3. The molecule has 100 valence electrons. The van der Waals surface area contributed by atoms with Crippen molar-refractivity contribution in [3.8, 4) is 0 Å². The topological polar surface area (TPSA) is 29.5 Å². The number of carbonyl (C=O) groups is 1. The number of methoxy groups -OCH3 is 1. The van der Waals surface area contributed by atoms with Crippen molar-refractivity contribution >= 4 is 5.97 Å². The molecule has 0 bridgehead atoms. The van der Waals surface area contributed by atoms with Crippen LogP contribution in [0.5, 0.6) is 0 Å². The zero-order valence-electron chi connectivity index (χ0n) is 11.7. The Balaban J connectivity index is 2.59. The van der Waals surface area contributed by atoms with Crippen LogP contribution in [0.4, 0.5) is 0 Å². The summed E-state index contributed by atoms with van der Waals surface area (Å²) in [5.41, 5.74) is 0. The number of esters is 1. The molecular weight excluding hydrogens is 214 g/mol. The molecule has 1 rings (SSSR count). The van der Waals surface area contributed by atoms with E-state index in [9.17, 15) is 4.79 Å². The average Bonchev–Trinajstić information content (AvgIpc) is 2.35. The largest absolute Gasteiger partial charge is 0.468 e. The lowest BCUT2D eigenvalue weighted by Crippen LogP contribution is -2.46. The summed E-state index contributed by atoms with van der Waals surface area (Å²) in [4.78, 5) is 13.8. The third-order valence-electron chi connectivity index (χ3n) is 4.00. The molecule has 1 saturated carbocycles. The lowest BCUT2D eigenvalue weighted by atomic mass is 9.83. The Hall–Kier alpha value is -0.570. The van der Waals surface area contributed by atoms with Crippen LogP contribution in [-0.2, 0) is 9.53 Å². The molecule has 2 atom stereocenters. The Morgan fingerprint density at radius 1 is 1.41 bits per heavy atom. The minimum atomic E-state index is -0.114. The molecule has 0 aromatic heterocycles.